The predicted molar refractivity (Wildman–Crippen MR) is 82.6 cm³/mol. The molecule has 1 amide bonds. The highest BCUT2D eigenvalue weighted by atomic mass is 32.2. The second-order valence-corrected chi connectivity index (χ2v) is 7.16. The second-order valence-electron chi connectivity index (χ2n) is 3.63. The normalized spacial score (nSPS) is 10.9. The van der Waals surface area contributed by atoms with Crippen LogP contribution in [0, 0.1) is 0 Å². The molecule has 1 heterocycles. The average Bonchev–Trinajstić information content (AvgIpc) is 2.86. The van der Waals surface area contributed by atoms with Gasteiger partial charge < -0.3 is 0 Å². The zero-order valence-corrected chi connectivity index (χ0v) is 13.3. The number of nitrogens with one attached hydrogen (secondary N) is 1. The molecule has 0 saturated heterocycles. The van der Waals surface area contributed by atoms with Gasteiger partial charge in [-0.2, -0.15) is 8.78 Å². The molecular weight excluding hydrogens is 336 g/mol. The third kappa shape index (κ3) is 4.65. The summed E-state index contributed by atoms with van der Waals surface area (Å²) < 4.78 is 25.7. The number of nitrogens with zero attached hydrogens (tertiary/aromatic N) is 2. The van der Waals surface area contributed by atoms with Gasteiger partial charge in [-0.25, -0.2) is 0 Å². The number of rotatable bonds is 6. The molecule has 2 rings (SSSR count). The largest absolute Gasteiger partial charge is 0.296 e. The third-order valence-electron chi connectivity index (χ3n) is 2.24. The number of carbonyl (C=O) groups is 1. The van der Waals surface area contributed by atoms with Gasteiger partial charge in [-0.3, -0.25) is 10.1 Å². The van der Waals surface area contributed by atoms with E-state index in [1.54, 1.807) is 12.1 Å². The van der Waals surface area contributed by atoms with Crippen LogP contribution >= 0.6 is 34.9 Å². The molecule has 1 N–H and O–H groups in total. The summed E-state index contributed by atoms with van der Waals surface area (Å²) in [5.41, 5.74) is 0.197. The fourth-order valence-electron chi connectivity index (χ4n) is 1.46. The number of amides is 1. The highest BCUT2D eigenvalue weighted by Crippen LogP contribution is 2.30. The van der Waals surface area contributed by atoms with E-state index in [-0.39, 0.29) is 10.5 Å². The predicted octanol–water partition coefficient (Wildman–Crippen LogP) is 4.22. The molecule has 4 nitrogen and oxygen atoms in total. The molecule has 0 aliphatic carbocycles. The maximum Gasteiger partial charge on any atom is 0.288 e. The molecular formula is C12H11F2N3OS3. The van der Waals surface area contributed by atoms with E-state index >= 15 is 0 Å². The minimum absolute atomic E-state index is 0.197. The van der Waals surface area contributed by atoms with Crippen LogP contribution in [0.2, 0.25) is 0 Å². The van der Waals surface area contributed by atoms with Crippen LogP contribution < -0.4 is 5.32 Å². The van der Waals surface area contributed by atoms with Crippen LogP contribution in [0.25, 0.3) is 0 Å². The van der Waals surface area contributed by atoms with Gasteiger partial charge in [0.1, 0.15) is 0 Å². The Morgan fingerprint density at radius 3 is 2.86 bits per heavy atom. The first-order valence-corrected chi connectivity index (χ1v) is 8.59. The highest BCUT2D eigenvalue weighted by Gasteiger charge is 2.16. The van der Waals surface area contributed by atoms with Gasteiger partial charge in [0.15, 0.2) is 4.34 Å². The van der Waals surface area contributed by atoms with Crippen LogP contribution in [0.15, 0.2) is 33.5 Å². The summed E-state index contributed by atoms with van der Waals surface area (Å²) in [5.74, 6) is -2.19. The Hall–Kier alpha value is -1.19. The summed E-state index contributed by atoms with van der Waals surface area (Å²) in [6.07, 6.45) is 0. The summed E-state index contributed by atoms with van der Waals surface area (Å²) >= 11 is 3.12. The fourth-order valence-corrected chi connectivity index (χ4v) is 3.74. The summed E-state index contributed by atoms with van der Waals surface area (Å²) in [6, 6.07) is 6.23. The molecule has 1 aromatic heterocycles. The van der Waals surface area contributed by atoms with E-state index in [0.717, 1.165) is 10.1 Å². The molecule has 0 saturated carbocycles. The Bertz CT molecular complexity index is 621. The zero-order chi connectivity index (χ0) is 15.2. The van der Waals surface area contributed by atoms with Gasteiger partial charge in [-0.05, 0) is 17.9 Å². The van der Waals surface area contributed by atoms with Gasteiger partial charge in [0.05, 0.1) is 5.56 Å². The number of halogens is 2. The Labute approximate surface area is 132 Å². The van der Waals surface area contributed by atoms with Gasteiger partial charge in [0.2, 0.25) is 5.13 Å². The minimum Gasteiger partial charge on any atom is -0.296 e. The molecule has 0 bridgehead atoms. The van der Waals surface area contributed by atoms with Crippen LogP contribution in [-0.4, -0.2) is 27.6 Å². The number of benzene rings is 1. The van der Waals surface area contributed by atoms with E-state index in [1.807, 2.05) is 6.92 Å². The number of hydrogen-bond donors (Lipinski definition) is 1. The van der Waals surface area contributed by atoms with Gasteiger partial charge in [0, 0.05) is 4.90 Å². The molecule has 0 spiro atoms. The fraction of sp³-hybridized carbons (Fsp3) is 0.250. The molecule has 0 atom stereocenters. The van der Waals surface area contributed by atoms with Crippen molar-refractivity contribution in [2.24, 2.45) is 0 Å². The molecule has 9 heteroatoms. The Morgan fingerprint density at radius 2 is 2.14 bits per heavy atom. The van der Waals surface area contributed by atoms with Crippen molar-refractivity contribution in [3.8, 4) is 0 Å². The van der Waals surface area contributed by atoms with Crippen molar-refractivity contribution >= 4 is 45.9 Å². The van der Waals surface area contributed by atoms with E-state index in [1.165, 1.54) is 35.2 Å². The van der Waals surface area contributed by atoms with Crippen molar-refractivity contribution in [2.75, 3.05) is 11.1 Å². The van der Waals surface area contributed by atoms with Crippen LogP contribution in [0.1, 0.15) is 17.3 Å². The minimum atomic E-state index is -2.58. The monoisotopic (exact) mass is 347 g/mol. The van der Waals surface area contributed by atoms with E-state index < -0.39 is 11.7 Å². The van der Waals surface area contributed by atoms with Crippen molar-refractivity contribution in [1.82, 2.24) is 10.2 Å². The van der Waals surface area contributed by atoms with Crippen molar-refractivity contribution in [3.63, 3.8) is 0 Å². The zero-order valence-electron chi connectivity index (χ0n) is 10.9. The Balaban J connectivity index is 2.12. The third-order valence-corrected chi connectivity index (χ3v) is 4.88. The maximum atomic E-state index is 12.5. The molecule has 0 radical (unpaired) electrons. The lowest BCUT2D eigenvalue weighted by molar-refractivity contribution is 0.102. The molecule has 0 aliphatic rings. The van der Waals surface area contributed by atoms with Crippen molar-refractivity contribution in [1.29, 1.82) is 0 Å². The second kappa shape index (κ2) is 7.71. The van der Waals surface area contributed by atoms with Crippen molar-refractivity contribution in [2.45, 2.75) is 21.9 Å². The number of anilines is 1. The Kier molecular flexibility index (Phi) is 5.95. The van der Waals surface area contributed by atoms with E-state index in [0.29, 0.717) is 16.9 Å². The molecule has 0 fully saturated rings. The van der Waals surface area contributed by atoms with E-state index in [9.17, 15) is 13.6 Å². The van der Waals surface area contributed by atoms with Crippen LogP contribution in [-0.2, 0) is 0 Å². The number of hydrogen-bond acceptors (Lipinski definition) is 6. The molecule has 0 aliphatic heterocycles. The molecule has 0 unspecified atom stereocenters. The first-order chi connectivity index (χ1) is 10.1. The number of thioether (sulfide) groups is 2. The van der Waals surface area contributed by atoms with Crippen molar-refractivity contribution < 1.29 is 13.6 Å². The van der Waals surface area contributed by atoms with Gasteiger partial charge in [-0.15, -0.1) is 10.2 Å². The van der Waals surface area contributed by atoms with Gasteiger partial charge in [0.25, 0.3) is 11.7 Å². The first-order valence-electron chi connectivity index (χ1n) is 5.91. The average molecular weight is 347 g/mol. The van der Waals surface area contributed by atoms with Crippen LogP contribution in [0.3, 0.4) is 0 Å². The van der Waals surface area contributed by atoms with Crippen LogP contribution in [0.4, 0.5) is 13.9 Å². The topological polar surface area (TPSA) is 54.9 Å². The number of carbonyl (C=O) groups excluding carboxylic acids is 1. The highest BCUT2D eigenvalue weighted by molar-refractivity contribution is 8.01. The van der Waals surface area contributed by atoms with E-state index in [4.69, 9.17) is 0 Å². The molecule has 112 valence electrons. The lowest BCUT2D eigenvalue weighted by atomic mass is 10.2. The van der Waals surface area contributed by atoms with Crippen LogP contribution in [0.5, 0.6) is 0 Å². The van der Waals surface area contributed by atoms with Gasteiger partial charge >= 0.3 is 0 Å². The summed E-state index contributed by atoms with van der Waals surface area (Å²) in [7, 11) is 0. The van der Waals surface area contributed by atoms with E-state index in [2.05, 4.69) is 15.5 Å². The SMILES string of the molecule is CCSc1nnc(NC(=O)c2ccccc2SC(F)F)s1. The molecule has 21 heavy (non-hydrogen) atoms. The lowest BCUT2D eigenvalue weighted by Crippen LogP contribution is -2.13. The van der Waals surface area contributed by atoms with Crippen molar-refractivity contribution in [3.05, 3.63) is 29.8 Å². The number of alkyl halides is 2. The first kappa shape index (κ1) is 16.2. The smallest absolute Gasteiger partial charge is 0.288 e. The standard InChI is InChI=1S/C12H11F2N3OS3/c1-2-19-12-17-16-11(21-12)15-9(18)7-5-3-4-6-8(7)20-10(13)14/h3-6,10H,2H2,1H3,(H,15,16,18). The lowest BCUT2D eigenvalue weighted by Gasteiger charge is -2.07. The summed E-state index contributed by atoms with van der Waals surface area (Å²) in [5, 5.41) is 10.7. The maximum absolute atomic E-state index is 12.5. The summed E-state index contributed by atoms with van der Waals surface area (Å²) in [6.45, 7) is 1.99. The summed E-state index contributed by atoms with van der Waals surface area (Å²) in [4.78, 5) is 12.4. The Morgan fingerprint density at radius 1 is 1.38 bits per heavy atom. The van der Waals surface area contributed by atoms with Gasteiger partial charge in [-0.1, -0.05) is 53.9 Å². The molecule has 2 aromatic rings. The molecule has 1 aromatic carbocycles. The number of aromatic nitrogens is 2. The quantitative estimate of drug-likeness (QED) is 0.626.